The number of carbonyl (C=O) groups excluding carboxylic acids is 1. The maximum Gasteiger partial charge on any atom is 0.227 e. The summed E-state index contributed by atoms with van der Waals surface area (Å²) < 4.78 is 0. The second-order valence-corrected chi connectivity index (χ2v) is 7.28. The molecule has 1 aromatic carbocycles. The molecule has 0 saturated carbocycles. The number of amides is 1. The molecule has 1 atom stereocenters. The predicted molar refractivity (Wildman–Crippen MR) is 113 cm³/mol. The summed E-state index contributed by atoms with van der Waals surface area (Å²) in [6, 6.07) is 14.4. The van der Waals surface area contributed by atoms with Crippen LogP contribution < -0.4 is 10.6 Å². The highest BCUT2D eigenvalue weighted by atomic mass is 16.1. The minimum absolute atomic E-state index is 0.0531. The van der Waals surface area contributed by atoms with Gasteiger partial charge in [0.2, 0.25) is 5.91 Å². The summed E-state index contributed by atoms with van der Waals surface area (Å²) in [6.07, 6.45) is 4.38. The molecule has 1 aliphatic heterocycles. The van der Waals surface area contributed by atoms with E-state index in [1.807, 2.05) is 19.1 Å². The van der Waals surface area contributed by atoms with Crippen LogP contribution in [0.2, 0.25) is 0 Å². The van der Waals surface area contributed by atoms with Crippen LogP contribution in [0.3, 0.4) is 0 Å². The minimum atomic E-state index is -0.0531. The number of aryl methyl sites for hydroxylation is 1. The van der Waals surface area contributed by atoms with Crippen LogP contribution in [0.15, 0.2) is 53.7 Å². The normalized spacial score (nSPS) is 16.9. The highest BCUT2D eigenvalue weighted by Gasteiger charge is 2.24. The van der Waals surface area contributed by atoms with E-state index in [1.54, 1.807) is 13.2 Å². The molecule has 0 bridgehead atoms. The van der Waals surface area contributed by atoms with Crippen molar-refractivity contribution in [3.05, 3.63) is 59.8 Å². The lowest BCUT2D eigenvalue weighted by Crippen LogP contribution is -2.41. The number of rotatable bonds is 6. The Balaban J connectivity index is 1.41. The van der Waals surface area contributed by atoms with Gasteiger partial charge < -0.3 is 15.5 Å². The number of benzene rings is 1. The fourth-order valence-electron chi connectivity index (χ4n) is 3.51. The Kier molecular flexibility index (Phi) is 7.00. The number of anilines is 1. The molecule has 1 aromatic heterocycles. The quantitative estimate of drug-likeness (QED) is 0.598. The fourth-order valence-corrected chi connectivity index (χ4v) is 3.51. The lowest BCUT2D eigenvalue weighted by atomic mass is 9.99. The van der Waals surface area contributed by atoms with Gasteiger partial charge in [0, 0.05) is 39.3 Å². The van der Waals surface area contributed by atoms with Gasteiger partial charge in [-0.3, -0.25) is 9.79 Å². The van der Waals surface area contributed by atoms with Crippen LogP contribution in [0.25, 0.3) is 0 Å². The number of carbonyl (C=O) groups is 1. The maximum atomic E-state index is 12.1. The zero-order valence-corrected chi connectivity index (χ0v) is 16.7. The first-order chi connectivity index (χ1) is 13.6. The van der Waals surface area contributed by atoms with Gasteiger partial charge in [0.15, 0.2) is 5.96 Å². The fraction of sp³-hybridized carbons (Fsp3) is 0.409. The van der Waals surface area contributed by atoms with E-state index in [0.717, 1.165) is 37.5 Å². The molecule has 1 fully saturated rings. The molecule has 0 spiro atoms. The highest BCUT2D eigenvalue weighted by molar-refractivity contribution is 5.90. The van der Waals surface area contributed by atoms with Crippen LogP contribution in [0.5, 0.6) is 0 Å². The van der Waals surface area contributed by atoms with Gasteiger partial charge in [0.25, 0.3) is 0 Å². The first-order valence-electron chi connectivity index (χ1n) is 9.86. The number of hydrogen-bond acceptors (Lipinski definition) is 3. The van der Waals surface area contributed by atoms with Gasteiger partial charge in [0.05, 0.1) is 0 Å². The van der Waals surface area contributed by atoms with Crippen molar-refractivity contribution in [2.45, 2.75) is 26.2 Å². The van der Waals surface area contributed by atoms with Gasteiger partial charge in [-0.15, -0.1) is 0 Å². The average Bonchev–Trinajstić information content (AvgIpc) is 3.16. The van der Waals surface area contributed by atoms with Crippen molar-refractivity contribution >= 4 is 17.7 Å². The lowest BCUT2D eigenvalue weighted by Gasteiger charge is -2.21. The first kappa shape index (κ1) is 19.9. The molecule has 2 N–H and O–H groups in total. The third kappa shape index (κ3) is 5.81. The van der Waals surface area contributed by atoms with Gasteiger partial charge in [-0.25, -0.2) is 4.98 Å². The summed E-state index contributed by atoms with van der Waals surface area (Å²) in [7, 11) is 1.79. The van der Waals surface area contributed by atoms with Gasteiger partial charge in [-0.1, -0.05) is 36.4 Å². The maximum absolute atomic E-state index is 12.1. The Morgan fingerprint density at radius 3 is 2.79 bits per heavy atom. The smallest absolute Gasteiger partial charge is 0.227 e. The Morgan fingerprint density at radius 2 is 2.07 bits per heavy atom. The number of aliphatic imine (C=N–C) groups is 1. The molecule has 2 aromatic rings. The Bertz CT molecular complexity index is 788. The van der Waals surface area contributed by atoms with Crippen LogP contribution in [0.4, 0.5) is 5.82 Å². The van der Waals surface area contributed by atoms with Crippen LogP contribution in [-0.2, 0) is 11.2 Å². The number of pyridine rings is 1. The van der Waals surface area contributed by atoms with Crippen LogP contribution in [0.1, 0.15) is 24.0 Å². The van der Waals surface area contributed by atoms with Crippen LogP contribution in [-0.4, -0.2) is 48.4 Å². The molecule has 0 aliphatic carbocycles. The number of nitrogens with zero attached hydrogens (tertiary/aromatic N) is 3. The van der Waals surface area contributed by atoms with E-state index in [-0.39, 0.29) is 5.91 Å². The van der Waals surface area contributed by atoms with E-state index in [4.69, 9.17) is 0 Å². The van der Waals surface area contributed by atoms with Gasteiger partial charge in [-0.2, -0.15) is 0 Å². The van der Waals surface area contributed by atoms with E-state index in [9.17, 15) is 4.79 Å². The van der Waals surface area contributed by atoms with E-state index in [2.05, 4.69) is 55.8 Å². The topological polar surface area (TPSA) is 69.6 Å². The second kappa shape index (κ2) is 9.88. The molecule has 1 aliphatic rings. The molecule has 3 rings (SSSR count). The molecular formula is C22H29N5O. The highest BCUT2D eigenvalue weighted by Crippen LogP contribution is 2.20. The molecule has 6 nitrogen and oxygen atoms in total. The summed E-state index contributed by atoms with van der Waals surface area (Å²) in [5.74, 6) is 2.04. The van der Waals surface area contributed by atoms with E-state index in [0.29, 0.717) is 24.7 Å². The number of nitrogens with one attached hydrogen (secondary N) is 2. The van der Waals surface area contributed by atoms with Crippen LogP contribution >= 0.6 is 0 Å². The monoisotopic (exact) mass is 379 g/mol. The average molecular weight is 380 g/mol. The van der Waals surface area contributed by atoms with Crippen LogP contribution in [0, 0.1) is 12.8 Å². The van der Waals surface area contributed by atoms with Gasteiger partial charge in [0.1, 0.15) is 5.82 Å². The van der Waals surface area contributed by atoms with Crippen molar-refractivity contribution in [2.75, 3.05) is 32.0 Å². The molecule has 2 heterocycles. The molecule has 148 valence electrons. The third-order valence-corrected chi connectivity index (χ3v) is 4.98. The van der Waals surface area contributed by atoms with Gasteiger partial charge in [-0.05, 0) is 42.9 Å². The molecule has 0 radical (unpaired) electrons. The predicted octanol–water partition coefficient (Wildman–Crippen LogP) is 2.86. The number of aromatic nitrogens is 1. The number of hydrogen-bond donors (Lipinski definition) is 2. The lowest BCUT2D eigenvalue weighted by molar-refractivity contribution is -0.116. The standard InChI is InChI=1S/C22H29N5O/c1-17-8-9-20(25-15-17)26-21(28)10-12-24-22(23-2)27-13-11-19(16-27)14-18-6-4-3-5-7-18/h3-9,15,19H,10-14,16H2,1-2H3,(H,23,24)(H,25,26,28). The van der Waals surface area contributed by atoms with Crippen molar-refractivity contribution < 1.29 is 4.79 Å². The molecule has 1 amide bonds. The summed E-state index contributed by atoms with van der Waals surface area (Å²) in [4.78, 5) is 23.0. The van der Waals surface area contributed by atoms with Crippen molar-refractivity contribution in [3.8, 4) is 0 Å². The summed E-state index contributed by atoms with van der Waals surface area (Å²) in [6.45, 7) is 4.51. The first-order valence-corrected chi connectivity index (χ1v) is 9.86. The summed E-state index contributed by atoms with van der Waals surface area (Å²) >= 11 is 0. The molecule has 6 heteroatoms. The third-order valence-electron chi connectivity index (χ3n) is 4.98. The van der Waals surface area contributed by atoms with Crippen molar-refractivity contribution in [1.82, 2.24) is 15.2 Å². The Hall–Kier alpha value is -2.89. The zero-order valence-electron chi connectivity index (χ0n) is 16.7. The van der Waals surface area contributed by atoms with E-state index < -0.39 is 0 Å². The van der Waals surface area contributed by atoms with Crippen molar-refractivity contribution in [3.63, 3.8) is 0 Å². The summed E-state index contributed by atoms with van der Waals surface area (Å²) in [5.41, 5.74) is 2.46. The number of likely N-dealkylation sites (tertiary alicyclic amines) is 1. The molecule has 28 heavy (non-hydrogen) atoms. The van der Waals surface area contributed by atoms with Crippen molar-refractivity contribution in [1.29, 1.82) is 0 Å². The van der Waals surface area contributed by atoms with Crippen molar-refractivity contribution in [2.24, 2.45) is 10.9 Å². The van der Waals surface area contributed by atoms with E-state index in [1.165, 1.54) is 5.56 Å². The van der Waals surface area contributed by atoms with Gasteiger partial charge >= 0.3 is 0 Å². The SMILES string of the molecule is CN=C(NCCC(=O)Nc1ccc(C)cn1)N1CCC(Cc2ccccc2)C1. The molecular weight excluding hydrogens is 350 g/mol. The Labute approximate surface area is 167 Å². The minimum Gasteiger partial charge on any atom is -0.356 e. The molecule has 1 unspecified atom stereocenters. The largest absolute Gasteiger partial charge is 0.356 e. The molecule has 1 saturated heterocycles. The zero-order chi connectivity index (χ0) is 19.8. The number of guanidine groups is 1. The summed E-state index contributed by atoms with van der Waals surface area (Å²) in [5, 5.41) is 6.14. The second-order valence-electron chi connectivity index (χ2n) is 7.28. The Morgan fingerprint density at radius 1 is 1.25 bits per heavy atom. The van der Waals surface area contributed by atoms with E-state index >= 15 is 0 Å².